The molecule has 2 atom stereocenters. The fraction of sp³-hybridized carbons (Fsp3) is 0.333. The molecule has 3 rings (SSSR count). The Labute approximate surface area is 130 Å². The fourth-order valence-electron chi connectivity index (χ4n) is 3.29. The molecule has 22 heavy (non-hydrogen) atoms. The van der Waals surface area contributed by atoms with E-state index in [0.29, 0.717) is 11.3 Å². The topological polar surface area (TPSA) is 34.1 Å². The number of sulfone groups is 1. The molecule has 0 bridgehead atoms. The molecule has 116 valence electrons. The van der Waals surface area contributed by atoms with Crippen molar-refractivity contribution in [1.82, 2.24) is 0 Å². The van der Waals surface area contributed by atoms with Gasteiger partial charge in [0.25, 0.3) is 0 Å². The molecule has 0 radical (unpaired) electrons. The Kier molecular flexibility index (Phi) is 4.04. The van der Waals surface area contributed by atoms with Crippen LogP contribution >= 0.6 is 0 Å². The van der Waals surface area contributed by atoms with Gasteiger partial charge in [0.15, 0.2) is 9.84 Å². The first kappa shape index (κ1) is 15.2. The lowest BCUT2D eigenvalue weighted by molar-refractivity contribution is 0.569. The molecule has 4 heteroatoms. The van der Waals surface area contributed by atoms with Gasteiger partial charge in [-0.05, 0) is 49.6 Å². The molecular formula is C18H19FO2S. The van der Waals surface area contributed by atoms with E-state index in [1.807, 2.05) is 19.1 Å². The van der Waals surface area contributed by atoms with E-state index in [4.69, 9.17) is 0 Å². The maximum absolute atomic E-state index is 13.1. The molecule has 0 amide bonds. The second-order valence-corrected chi connectivity index (χ2v) is 8.15. The van der Waals surface area contributed by atoms with Crippen LogP contribution in [0.3, 0.4) is 0 Å². The minimum Gasteiger partial charge on any atom is -0.223 e. The molecule has 2 aromatic rings. The van der Waals surface area contributed by atoms with Crippen LogP contribution in [0.25, 0.3) is 0 Å². The number of aryl methyl sites for hydroxylation is 1. The number of benzene rings is 2. The molecule has 0 aliphatic heterocycles. The Hall–Kier alpha value is -1.68. The third kappa shape index (κ3) is 2.80. The van der Waals surface area contributed by atoms with Crippen LogP contribution in [-0.2, 0) is 9.84 Å². The zero-order valence-corrected chi connectivity index (χ0v) is 13.3. The van der Waals surface area contributed by atoms with Gasteiger partial charge < -0.3 is 0 Å². The van der Waals surface area contributed by atoms with E-state index in [1.165, 1.54) is 12.1 Å². The zero-order valence-electron chi connectivity index (χ0n) is 12.5. The molecule has 1 aliphatic carbocycles. The lowest BCUT2D eigenvalue weighted by Gasteiger charge is -2.20. The van der Waals surface area contributed by atoms with Gasteiger partial charge in [0.2, 0.25) is 0 Å². The third-order valence-electron chi connectivity index (χ3n) is 4.50. The molecule has 0 aromatic heterocycles. The maximum Gasteiger partial charge on any atom is 0.181 e. The summed E-state index contributed by atoms with van der Waals surface area (Å²) in [5.74, 6) is -0.341. The second kappa shape index (κ2) is 5.84. The Morgan fingerprint density at radius 2 is 1.59 bits per heavy atom. The highest BCUT2D eigenvalue weighted by atomic mass is 32.2. The Bertz CT molecular complexity index is 749. The highest BCUT2D eigenvalue weighted by Gasteiger charge is 2.38. The van der Waals surface area contributed by atoms with E-state index in [0.717, 1.165) is 24.0 Å². The van der Waals surface area contributed by atoms with Crippen molar-refractivity contribution in [3.05, 3.63) is 65.5 Å². The van der Waals surface area contributed by atoms with Crippen LogP contribution in [0.1, 0.15) is 36.3 Å². The van der Waals surface area contributed by atoms with E-state index >= 15 is 0 Å². The summed E-state index contributed by atoms with van der Waals surface area (Å²) in [7, 11) is -3.36. The van der Waals surface area contributed by atoms with E-state index in [-0.39, 0.29) is 11.7 Å². The number of hydrogen-bond donors (Lipinski definition) is 0. The predicted molar refractivity (Wildman–Crippen MR) is 85.1 cm³/mol. The minimum absolute atomic E-state index is 0.0492. The first-order chi connectivity index (χ1) is 10.5. The molecule has 1 unspecified atom stereocenters. The summed E-state index contributed by atoms with van der Waals surface area (Å²) in [6.07, 6.45) is 2.39. The summed E-state index contributed by atoms with van der Waals surface area (Å²) in [4.78, 5) is 0.386. The summed E-state index contributed by atoms with van der Waals surface area (Å²) in [5.41, 5.74) is 1.96. The van der Waals surface area contributed by atoms with Gasteiger partial charge in [-0.3, -0.25) is 0 Å². The monoisotopic (exact) mass is 318 g/mol. The molecule has 1 saturated carbocycles. The van der Waals surface area contributed by atoms with Crippen LogP contribution < -0.4 is 0 Å². The van der Waals surface area contributed by atoms with Crippen LogP contribution in [0.4, 0.5) is 4.39 Å². The molecule has 2 nitrogen and oxygen atoms in total. The standard InChI is InChI=1S/C18H19FO2S/c1-13-5-11-16(12-6-13)22(20,21)18-4-2-3-17(18)14-7-9-15(19)10-8-14/h5-12,17-18H,2-4H2,1H3/t17-,18?/m0/s1. The van der Waals surface area contributed by atoms with Gasteiger partial charge in [-0.1, -0.05) is 36.2 Å². The summed E-state index contributed by atoms with van der Waals surface area (Å²) >= 11 is 0. The smallest absolute Gasteiger partial charge is 0.181 e. The summed E-state index contributed by atoms with van der Waals surface area (Å²) in [6, 6.07) is 13.3. The molecule has 2 aromatic carbocycles. The van der Waals surface area contributed by atoms with Gasteiger partial charge in [-0.2, -0.15) is 0 Å². The minimum atomic E-state index is -3.36. The van der Waals surface area contributed by atoms with Crippen LogP contribution in [0, 0.1) is 12.7 Å². The van der Waals surface area contributed by atoms with Crippen molar-refractivity contribution >= 4 is 9.84 Å². The molecule has 0 spiro atoms. The van der Waals surface area contributed by atoms with Crippen molar-refractivity contribution in [3.8, 4) is 0 Å². The van der Waals surface area contributed by atoms with Crippen molar-refractivity contribution in [3.63, 3.8) is 0 Å². The molecule has 0 heterocycles. The average Bonchev–Trinajstić information content (AvgIpc) is 2.99. The number of rotatable bonds is 3. The van der Waals surface area contributed by atoms with Crippen molar-refractivity contribution in [1.29, 1.82) is 0 Å². The first-order valence-electron chi connectivity index (χ1n) is 7.54. The predicted octanol–water partition coefficient (Wildman–Crippen LogP) is 4.24. The molecule has 1 fully saturated rings. The van der Waals surface area contributed by atoms with Crippen molar-refractivity contribution in [2.24, 2.45) is 0 Å². The van der Waals surface area contributed by atoms with E-state index in [2.05, 4.69) is 0 Å². The molecular weight excluding hydrogens is 299 g/mol. The van der Waals surface area contributed by atoms with Gasteiger partial charge in [-0.15, -0.1) is 0 Å². The quantitative estimate of drug-likeness (QED) is 0.848. The Balaban J connectivity index is 1.95. The SMILES string of the molecule is Cc1ccc(S(=O)(=O)C2CCC[C@H]2c2ccc(F)cc2)cc1. The summed E-state index contributed by atoms with van der Waals surface area (Å²) < 4.78 is 38.9. The van der Waals surface area contributed by atoms with Crippen LogP contribution in [0.2, 0.25) is 0 Å². The number of halogens is 1. The van der Waals surface area contributed by atoms with Gasteiger partial charge in [0.1, 0.15) is 5.82 Å². The summed E-state index contributed by atoms with van der Waals surface area (Å²) in [6.45, 7) is 1.94. The molecule has 0 N–H and O–H groups in total. The van der Waals surface area contributed by atoms with Gasteiger partial charge in [0, 0.05) is 5.92 Å². The maximum atomic E-state index is 13.1. The fourth-order valence-corrected chi connectivity index (χ4v) is 5.36. The Morgan fingerprint density at radius 3 is 2.23 bits per heavy atom. The van der Waals surface area contributed by atoms with E-state index < -0.39 is 15.1 Å². The molecule has 1 aliphatic rings. The first-order valence-corrected chi connectivity index (χ1v) is 9.09. The lowest BCUT2D eigenvalue weighted by Crippen LogP contribution is -2.24. The number of hydrogen-bond acceptors (Lipinski definition) is 2. The van der Waals surface area contributed by atoms with Crippen LogP contribution in [0.15, 0.2) is 53.4 Å². The van der Waals surface area contributed by atoms with Crippen molar-refractivity contribution in [2.45, 2.75) is 42.2 Å². The zero-order chi connectivity index (χ0) is 15.7. The highest BCUT2D eigenvalue weighted by Crippen LogP contribution is 2.41. The van der Waals surface area contributed by atoms with Gasteiger partial charge >= 0.3 is 0 Å². The van der Waals surface area contributed by atoms with Crippen molar-refractivity contribution < 1.29 is 12.8 Å². The van der Waals surface area contributed by atoms with Gasteiger partial charge in [0.05, 0.1) is 10.1 Å². The Morgan fingerprint density at radius 1 is 0.955 bits per heavy atom. The summed E-state index contributed by atoms with van der Waals surface area (Å²) in [5, 5.41) is -0.416. The lowest BCUT2D eigenvalue weighted by atomic mass is 9.97. The van der Waals surface area contributed by atoms with Crippen LogP contribution in [-0.4, -0.2) is 13.7 Å². The average molecular weight is 318 g/mol. The van der Waals surface area contributed by atoms with E-state index in [9.17, 15) is 12.8 Å². The van der Waals surface area contributed by atoms with Crippen LogP contribution in [0.5, 0.6) is 0 Å². The third-order valence-corrected chi connectivity index (χ3v) is 6.79. The van der Waals surface area contributed by atoms with E-state index in [1.54, 1.807) is 24.3 Å². The van der Waals surface area contributed by atoms with Gasteiger partial charge in [-0.25, -0.2) is 12.8 Å². The largest absolute Gasteiger partial charge is 0.223 e. The normalized spacial score (nSPS) is 21.9. The molecule has 0 saturated heterocycles. The highest BCUT2D eigenvalue weighted by molar-refractivity contribution is 7.92. The second-order valence-electron chi connectivity index (χ2n) is 5.99. The van der Waals surface area contributed by atoms with Crippen molar-refractivity contribution in [2.75, 3.05) is 0 Å².